The van der Waals surface area contributed by atoms with Crippen LogP contribution in [0.1, 0.15) is 19.8 Å². The highest BCUT2D eigenvalue weighted by Gasteiger charge is 2.23. The van der Waals surface area contributed by atoms with Gasteiger partial charge in [0.1, 0.15) is 12.1 Å². The number of likely N-dealkylation sites (tertiary alicyclic amines) is 1. The van der Waals surface area contributed by atoms with Crippen molar-refractivity contribution in [3.63, 3.8) is 0 Å². The van der Waals surface area contributed by atoms with Gasteiger partial charge < -0.3 is 15.0 Å². The van der Waals surface area contributed by atoms with Gasteiger partial charge in [0.25, 0.3) is 0 Å². The van der Waals surface area contributed by atoms with Gasteiger partial charge in [-0.15, -0.1) is 0 Å². The number of anilines is 1. The first-order valence-electron chi connectivity index (χ1n) is 7.66. The third-order valence-corrected chi connectivity index (χ3v) is 3.90. The van der Waals surface area contributed by atoms with E-state index in [1.807, 2.05) is 31.2 Å². The highest BCUT2D eigenvalue weighted by atomic mass is 16.6. The minimum absolute atomic E-state index is 0.214. The van der Waals surface area contributed by atoms with Crippen LogP contribution in [0.2, 0.25) is 0 Å². The number of benzene rings is 1. The number of ether oxygens (including phenoxy) is 1. The molecule has 0 radical (unpaired) electrons. The van der Waals surface area contributed by atoms with Crippen molar-refractivity contribution in [1.29, 1.82) is 0 Å². The Balaban J connectivity index is 1.64. The first-order chi connectivity index (χ1) is 10.8. The highest BCUT2D eigenvalue weighted by molar-refractivity contribution is 5.88. The first-order valence-corrected chi connectivity index (χ1v) is 7.66. The fourth-order valence-corrected chi connectivity index (χ4v) is 2.73. The molecule has 2 aromatic rings. The molecular weight excluding hydrogens is 280 g/mol. The van der Waals surface area contributed by atoms with Gasteiger partial charge in [0, 0.05) is 24.5 Å². The summed E-state index contributed by atoms with van der Waals surface area (Å²) in [6.45, 7) is 3.66. The van der Waals surface area contributed by atoms with Crippen LogP contribution in [-0.2, 0) is 4.74 Å². The lowest BCUT2D eigenvalue weighted by Crippen LogP contribution is -2.42. The third-order valence-electron chi connectivity index (χ3n) is 3.90. The maximum absolute atomic E-state index is 11.7. The quantitative estimate of drug-likeness (QED) is 0.944. The lowest BCUT2D eigenvalue weighted by Gasteiger charge is -2.32. The van der Waals surface area contributed by atoms with E-state index in [1.54, 1.807) is 11.2 Å². The van der Waals surface area contributed by atoms with Crippen LogP contribution in [0.15, 0.2) is 30.6 Å². The number of nitrogens with zero attached hydrogens (tertiary/aromatic N) is 3. The lowest BCUT2D eigenvalue weighted by atomic mass is 10.1. The fraction of sp³-hybridized carbons (Fsp3) is 0.438. The van der Waals surface area contributed by atoms with Gasteiger partial charge >= 0.3 is 6.09 Å². The second-order valence-corrected chi connectivity index (χ2v) is 5.34. The van der Waals surface area contributed by atoms with Crippen LogP contribution in [0, 0.1) is 0 Å². The number of piperidine rings is 1. The number of hydrogen-bond donors (Lipinski definition) is 1. The van der Waals surface area contributed by atoms with Gasteiger partial charge in [-0.3, -0.25) is 0 Å². The van der Waals surface area contributed by atoms with Crippen LogP contribution in [0.4, 0.5) is 10.6 Å². The molecule has 0 spiro atoms. The number of amides is 1. The molecule has 1 aliphatic rings. The van der Waals surface area contributed by atoms with Crippen molar-refractivity contribution in [2.24, 2.45) is 0 Å². The Hall–Kier alpha value is -2.37. The number of aromatic nitrogens is 2. The molecule has 22 heavy (non-hydrogen) atoms. The monoisotopic (exact) mass is 300 g/mol. The number of hydrogen-bond acceptors (Lipinski definition) is 5. The molecule has 1 fully saturated rings. The molecule has 1 aromatic carbocycles. The summed E-state index contributed by atoms with van der Waals surface area (Å²) < 4.78 is 5.04. The van der Waals surface area contributed by atoms with E-state index in [-0.39, 0.29) is 6.09 Å². The van der Waals surface area contributed by atoms with Gasteiger partial charge in [-0.2, -0.15) is 0 Å². The second-order valence-electron chi connectivity index (χ2n) is 5.34. The smallest absolute Gasteiger partial charge is 0.409 e. The molecule has 3 rings (SSSR count). The van der Waals surface area contributed by atoms with Crippen molar-refractivity contribution >= 4 is 22.8 Å². The maximum atomic E-state index is 11.7. The van der Waals surface area contributed by atoms with E-state index in [0.717, 1.165) is 29.6 Å². The zero-order chi connectivity index (χ0) is 15.4. The Bertz CT molecular complexity index is 648. The molecule has 6 heteroatoms. The molecule has 1 aliphatic heterocycles. The normalized spacial score (nSPS) is 15.8. The van der Waals surface area contributed by atoms with Crippen LogP contribution in [0.25, 0.3) is 10.9 Å². The molecule has 2 heterocycles. The van der Waals surface area contributed by atoms with E-state index in [1.165, 1.54) is 0 Å². The number of para-hydroxylation sites is 1. The van der Waals surface area contributed by atoms with Crippen molar-refractivity contribution in [1.82, 2.24) is 14.9 Å². The van der Waals surface area contributed by atoms with Gasteiger partial charge in [0.05, 0.1) is 12.1 Å². The summed E-state index contributed by atoms with van der Waals surface area (Å²) in [6.07, 6.45) is 3.14. The first kappa shape index (κ1) is 14.6. The minimum atomic E-state index is -0.214. The lowest BCUT2D eigenvalue weighted by molar-refractivity contribution is 0.0983. The number of rotatable bonds is 3. The summed E-state index contributed by atoms with van der Waals surface area (Å²) in [5.41, 5.74) is 0.934. The van der Waals surface area contributed by atoms with Crippen molar-refractivity contribution in [2.75, 3.05) is 25.0 Å². The number of carbonyl (C=O) groups excluding carboxylic acids is 1. The fourth-order valence-electron chi connectivity index (χ4n) is 2.73. The van der Waals surface area contributed by atoms with E-state index in [4.69, 9.17) is 4.74 Å². The van der Waals surface area contributed by atoms with Crippen LogP contribution < -0.4 is 5.32 Å². The molecule has 0 aliphatic carbocycles. The summed E-state index contributed by atoms with van der Waals surface area (Å²) in [5, 5.41) is 4.51. The Morgan fingerprint density at radius 2 is 2.09 bits per heavy atom. The molecule has 0 bridgehead atoms. The molecule has 116 valence electrons. The van der Waals surface area contributed by atoms with Gasteiger partial charge in [-0.25, -0.2) is 14.8 Å². The van der Waals surface area contributed by atoms with E-state index in [2.05, 4.69) is 15.3 Å². The molecule has 1 aromatic heterocycles. The Morgan fingerprint density at radius 1 is 1.32 bits per heavy atom. The average Bonchev–Trinajstić information content (AvgIpc) is 2.56. The summed E-state index contributed by atoms with van der Waals surface area (Å²) in [7, 11) is 0. The van der Waals surface area contributed by atoms with Gasteiger partial charge in [-0.1, -0.05) is 12.1 Å². The van der Waals surface area contributed by atoms with Crippen molar-refractivity contribution in [3.8, 4) is 0 Å². The van der Waals surface area contributed by atoms with Crippen molar-refractivity contribution in [3.05, 3.63) is 30.6 Å². The number of nitrogens with one attached hydrogen (secondary N) is 1. The van der Waals surface area contributed by atoms with Crippen LogP contribution >= 0.6 is 0 Å². The summed E-state index contributed by atoms with van der Waals surface area (Å²) >= 11 is 0. The Labute approximate surface area is 129 Å². The number of fused-ring (bicyclic) bond motifs is 1. The van der Waals surface area contributed by atoms with E-state index < -0.39 is 0 Å². The molecule has 0 unspecified atom stereocenters. The van der Waals surface area contributed by atoms with Crippen molar-refractivity contribution in [2.45, 2.75) is 25.8 Å². The largest absolute Gasteiger partial charge is 0.450 e. The highest BCUT2D eigenvalue weighted by Crippen LogP contribution is 2.22. The van der Waals surface area contributed by atoms with Gasteiger partial charge in [0.2, 0.25) is 0 Å². The van der Waals surface area contributed by atoms with Gasteiger partial charge in [-0.05, 0) is 31.9 Å². The average molecular weight is 300 g/mol. The predicted molar refractivity (Wildman–Crippen MR) is 84.8 cm³/mol. The number of carbonyl (C=O) groups is 1. The Kier molecular flexibility index (Phi) is 4.37. The maximum Gasteiger partial charge on any atom is 0.409 e. The van der Waals surface area contributed by atoms with Gasteiger partial charge in [0.15, 0.2) is 0 Å². The summed E-state index contributed by atoms with van der Waals surface area (Å²) in [6, 6.07) is 8.26. The topological polar surface area (TPSA) is 67.3 Å². The van der Waals surface area contributed by atoms with E-state index in [9.17, 15) is 4.79 Å². The minimum Gasteiger partial charge on any atom is -0.450 e. The molecule has 6 nitrogen and oxygen atoms in total. The van der Waals surface area contributed by atoms with E-state index >= 15 is 0 Å². The zero-order valence-corrected chi connectivity index (χ0v) is 12.7. The molecule has 0 atom stereocenters. The van der Waals surface area contributed by atoms with Crippen LogP contribution in [-0.4, -0.2) is 46.7 Å². The molecule has 1 amide bonds. The SMILES string of the molecule is CCOC(=O)N1CCC(Nc2ncnc3ccccc23)CC1. The van der Waals surface area contributed by atoms with E-state index in [0.29, 0.717) is 25.7 Å². The molecular formula is C16H20N4O2. The van der Waals surface area contributed by atoms with Crippen LogP contribution in [0.3, 0.4) is 0 Å². The Morgan fingerprint density at radius 3 is 2.86 bits per heavy atom. The molecule has 0 saturated carbocycles. The summed E-state index contributed by atoms with van der Waals surface area (Å²) in [4.78, 5) is 22.1. The zero-order valence-electron chi connectivity index (χ0n) is 12.7. The molecule has 1 saturated heterocycles. The van der Waals surface area contributed by atoms with Crippen molar-refractivity contribution < 1.29 is 9.53 Å². The van der Waals surface area contributed by atoms with Crippen LogP contribution in [0.5, 0.6) is 0 Å². The standard InChI is InChI=1S/C16H20N4O2/c1-2-22-16(21)20-9-7-12(8-10-20)19-15-13-5-3-4-6-14(13)17-11-18-15/h3-6,11-12H,2,7-10H2,1H3,(H,17,18,19). The third kappa shape index (κ3) is 3.10. The molecule has 1 N–H and O–H groups in total. The summed E-state index contributed by atoms with van der Waals surface area (Å²) in [5.74, 6) is 0.861. The predicted octanol–water partition coefficient (Wildman–Crippen LogP) is 2.66. The second kappa shape index (κ2) is 6.60.